The number of aromatic nitrogens is 1. The minimum atomic E-state index is -0.636. The van der Waals surface area contributed by atoms with Crippen molar-refractivity contribution in [1.82, 2.24) is 4.98 Å². The molecule has 21 heavy (non-hydrogen) atoms. The van der Waals surface area contributed by atoms with Crippen LogP contribution in [0.15, 0.2) is 42.5 Å². The van der Waals surface area contributed by atoms with Crippen LogP contribution in [-0.2, 0) is 12.0 Å². The van der Waals surface area contributed by atoms with Gasteiger partial charge in [0.25, 0.3) is 0 Å². The normalized spacial score (nSPS) is 14.3. The average molecular weight is 300 g/mol. The molecule has 0 saturated carbocycles. The molecular formula is C17H17FN2S. The number of thiazole rings is 1. The number of rotatable bonds is 3. The molecule has 3 aromatic rings. The summed E-state index contributed by atoms with van der Waals surface area (Å²) in [7, 11) is 0. The maximum absolute atomic E-state index is 13.7. The molecule has 0 spiro atoms. The number of hydrogen-bond acceptors (Lipinski definition) is 3. The number of fused-ring (bicyclic) bond motifs is 1. The first-order valence-corrected chi connectivity index (χ1v) is 7.67. The van der Waals surface area contributed by atoms with Gasteiger partial charge in [-0.1, -0.05) is 24.3 Å². The summed E-state index contributed by atoms with van der Waals surface area (Å²) < 4.78 is 14.9. The lowest BCUT2D eigenvalue weighted by Gasteiger charge is -2.24. The fraction of sp³-hybridized carbons (Fsp3) is 0.235. The van der Waals surface area contributed by atoms with E-state index < -0.39 is 5.54 Å². The first-order valence-electron chi connectivity index (χ1n) is 6.86. The van der Waals surface area contributed by atoms with Crippen LogP contribution in [0.5, 0.6) is 0 Å². The van der Waals surface area contributed by atoms with Crippen LogP contribution in [0, 0.1) is 12.7 Å². The Labute approximate surface area is 127 Å². The van der Waals surface area contributed by atoms with Crippen LogP contribution in [-0.4, -0.2) is 4.98 Å². The molecule has 1 aromatic heterocycles. The van der Waals surface area contributed by atoms with Crippen molar-refractivity contribution in [3.8, 4) is 0 Å². The van der Waals surface area contributed by atoms with Crippen molar-refractivity contribution in [2.75, 3.05) is 0 Å². The van der Waals surface area contributed by atoms with Gasteiger partial charge in [-0.15, -0.1) is 11.3 Å². The molecule has 0 bridgehead atoms. The molecule has 2 aromatic carbocycles. The highest BCUT2D eigenvalue weighted by Gasteiger charge is 2.24. The van der Waals surface area contributed by atoms with Crippen LogP contribution < -0.4 is 5.73 Å². The second-order valence-corrected chi connectivity index (χ2v) is 6.75. The molecule has 0 saturated heterocycles. The molecule has 0 aliphatic carbocycles. The van der Waals surface area contributed by atoms with Crippen molar-refractivity contribution in [3.05, 3.63) is 64.4 Å². The van der Waals surface area contributed by atoms with Gasteiger partial charge in [0.2, 0.25) is 0 Å². The molecule has 3 rings (SSSR count). The summed E-state index contributed by atoms with van der Waals surface area (Å²) in [5.74, 6) is -0.214. The molecule has 2 nitrogen and oxygen atoms in total. The van der Waals surface area contributed by atoms with Crippen molar-refractivity contribution >= 4 is 21.6 Å². The van der Waals surface area contributed by atoms with Crippen LogP contribution >= 0.6 is 11.3 Å². The first-order chi connectivity index (χ1) is 9.95. The largest absolute Gasteiger partial charge is 0.321 e. The fourth-order valence-corrected chi connectivity index (χ4v) is 3.49. The van der Waals surface area contributed by atoms with E-state index in [1.165, 1.54) is 6.07 Å². The highest BCUT2D eigenvalue weighted by molar-refractivity contribution is 7.18. The van der Waals surface area contributed by atoms with Gasteiger partial charge in [0, 0.05) is 12.0 Å². The smallest absolute Gasteiger partial charge is 0.126 e. The average Bonchev–Trinajstić information content (AvgIpc) is 2.82. The summed E-state index contributed by atoms with van der Waals surface area (Å²) in [4.78, 5) is 4.61. The van der Waals surface area contributed by atoms with E-state index in [-0.39, 0.29) is 5.82 Å². The molecule has 108 valence electrons. The van der Waals surface area contributed by atoms with Gasteiger partial charge in [-0.3, -0.25) is 0 Å². The number of hydrogen-bond donors (Lipinski definition) is 1. The number of halogens is 1. The second kappa shape index (κ2) is 5.20. The molecular weight excluding hydrogens is 283 g/mol. The Kier molecular flexibility index (Phi) is 3.51. The van der Waals surface area contributed by atoms with Crippen LogP contribution in [0.1, 0.15) is 23.1 Å². The van der Waals surface area contributed by atoms with Gasteiger partial charge < -0.3 is 5.73 Å². The Hall–Kier alpha value is -1.78. The fourth-order valence-electron chi connectivity index (χ4n) is 2.36. The Morgan fingerprint density at radius 3 is 2.71 bits per heavy atom. The van der Waals surface area contributed by atoms with Crippen molar-refractivity contribution < 1.29 is 4.39 Å². The SMILES string of the molecule is Cc1ccc(C(C)(N)Cc2nc3ccccc3s2)cc1F. The predicted molar refractivity (Wildman–Crippen MR) is 86.0 cm³/mol. The van der Waals surface area contributed by atoms with Crippen molar-refractivity contribution in [2.24, 2.45) is 5.73 Å². The molecule has 0 aliphatic heterocycles. The topological polar surface area (TPSA) is 38.9 Å². The third-order valence-electron chi connectivity index (χ3n) is 3.69. The standard InChI is InChI=1S/C17H17FN2S/c1-11-7-8-12(9-13(11)18)17(2,19)10-16-20-14-5-3-4-6-15(14)21-16/h3-9H,10,19H2,1-2H3. The highest BCUT2D eigenvalue weighted by Crippen LogP contribution is 2.29. The zero-order valence-electron chi connectivity index (χ0n) is 12.1. The zero-order valence-corrected chi connectivity index (χ0v) is 12.9. The van der Waals surface area contributed by atoms with E-state index in [0.717, 1.165) is 20.8 Å². The summed E-state index contributed by atoms with van der Waals surface area (Å²) in [6, 6.07) is 13.2. The molecule has 1 unspecified atom stereocenters. The van der Waals surface area contributed by atoms with Crippen molar-refractivity contribution in [3.63, 3.8) is 0 Å². The van der Waals surface area contributed by atoms with Gasteiger partial charge in [0.05, 0.1) is 15.2 Å². The Morgan fingerprint density at radius 1 is 1.24 bits per heavy atom. The minimum Gasteiger partial charge on any atom is -0.321 e. The van der Waals surface area contributed by atoms with Crippen molar-refractivity contribution in [2.45, 2.75) is 25.8 Å². The lowest BCUT2D eigenvalue weighted by atomic mass is 9.89. The molecule has 1 atom stereocenters. The lowest BCUT2D eigenvalue weighted by molar-refractivity contribution is 0.485. The maximum Gasteiger partial charge on any atom is 0.126 e. The van der Waals surface area contributed by atoms with Crippen LogP contribution in [0.3, 0.4) is 0 Å². The Morgan fingerprint density at radius 2 is 2.00 bits per heavy atom. The van der Waals surface area contributed by atoms with Gasteiger partial charge in [0.1, 0.15) is 5.82 Å². The molecule has 4 heteroatoms. The van der Waals surface area contributed by atoms with E-state index in [2.05, 4.69) is 11.1 Å². The summed E-state index contributed by atoms with van der Waals surface area (Å²) in [5, 5.41) is 0.974. The van der Waals surface area contributed by atoms with Gasteiger partial charge in [-0.05, 0) is 43.2 Å². The third-order valence-corrected chi connectivity index (χ3v) is 4.72. The quantitative estimate of drug-likeness (QED) is 0.789. The molecule has 0 aliphatic rings. The van der Waals surface area contributed by atoms with Gasteiger partial charge in [0.15, 0.2) is 0 Å². The zero-order chi connectivity index (χ0) is 15.0. The summed E-state index contributed by atoms with van der Waals surface area (Å²) in [6.45, 7) is 3.67. The van der Waals surface area contributed by atoms with Crippen LogP contribution in [0.2, 0.25) is 0 Å². The Balaban J connectivity index is 1.92. The number of nitrogens with zero attached hydrogens (tertiary/aromatic N) is 1. The predicted octanol–water partition coefficient (Wildman–Crippen LogP) is 4.16. The summed E-state index contributed by atoms with van der Waals surface area (Å²) in [5.41, 5.74) is 8.19. The third kappa shape index (κ3) is 2.82. The highest BCUT2D eigenvalue weighted by atomic mass is 32.1. The van der Waals surface area contributed by atoms with E-state index in [1.807, 2.05) is 31.2 Å². The Bertz CT molecular complexity index is 759. The van der Waals surface area contributed by atoms with E-state index in [0.29, 0.717) is 12.0 Å². The molecule has 0 amide bonds. The molecule has 2 N–H and O–H groups in total. The van der Waals surface area contributed by atoms with E-state index >= 15 is 0 Å². The second-order valence-electron chi connectivity index (χ2n) is 5.63. The molecule has 0 fully saturated rings. The minimum absolute atomic E-state index is 0.214. The summed E-state index contributed by atoms with van der Waals surface area (Å²) >= 11 is 1.64. The maximum atomic E-state index is 13.7. The monoisotopic (exact) mass is 300 g/mol. The van der Waals surface area contributed by atoms with E-state index in [4.69, 9.17) is 5.73 Å². The first kappa shape index (κ1) is 14.2. The number of aryl methyl sites for hydroxylation is 1. The number of para-hydroxylation sites is 1. The van der Waals surface area contributed by atoms with E-state index in [1.54, 1.807) is 24.3 Å². The van der Waals surface area contributed by atoms with Gasteiger partial charge in [-0.25, -0.2) is 9.37 Å². The number of nitrogens with two attached hydrogens (primary N) is 1. The summed E-state index contributed by atoms with van der Waals surface area (Å²) in [6.07, 6.45) is 0.592. The van der Waals surface area contributed by atoms with Crippen LogP contribution in [0.25, 0.3) is 10.2 Å². The van der Waals surface area contributed by atoms with Crippen LogP contribution in [0.4, 0.5) is 4.39 Å². The number of benzene rings is 2. The van der Waals surface area contributed by atoms with E-state index in [9.17, 15) is 4.39 Å². The van der Waals surface area contributed by atoms with Crippen molar-refractivity contribution in [1.29, 1.82) is 0 Å². The molecule has 0 radical (unpaired) electrons. The lowest BCUT2D eigenvalue weighted by Crippen LogP contribution is -2.35. The van der Waals surface area contributed by atoms with Gasteiger partial charge in [-0.2, -0.15) is 0 Å². The molecule has 1 heterocycles. The van der Waals surface area contributed by atoms with Gasteiger partial charge >= 0.3 is 0 Å².